The number of carboxylic acids is 1. The Morgan fingerprint density at radius 2 is 2.10 bits per heavy atom. The maximum Gasteiger partial charge on any atom is 0.337 e. The lowest BCUT2D eigenvalue weighted by molar-refractivity contribution is 0.0697. The number of carboxylic acid groups (broad SMARTS) is 1. The summed E-state index contributed by atoms with van der Waals surface area (Å²) in [6.45, 7) is 7.11. The van der Waals surface area contributed by atoms with Crippen molar-refractivity contribution in [3.8, 4) is 0 Å². The molecule has 110 valence electrons. The van der Waals surface area contributed by atoms with E-state index >= 15 is 0 Å². The second-order valence-electron chi connectivity index (χ2n) is 4.80. The summed E-state index contributed by atoms with van der Waals surface area (Å²) >= 11 is 5.84. The third kappa shape index (κ3) is 3.16. The van der Waals surface area contributed by atoms with E-state index in [9.17, 15) is 4.79 Å². The van der Waals surface area contributed by atoms with E-state index in [1.807, 2.05) is 6.92 Å². The first kappa shape index (κ1) is 15.3. The molecular formula is C16H17ClN2O2. The molecule has 0 fully saturated rings. The standard InChI is InChI=1S/C16H17ClN2O2/c1-4-19-10(2)7-12(11(19)3)9-18-13-5-6-15(17)14(8-13)16(20)21/h5-9H,4H2,1-3H3,(H,20,21). The summed E-state index contributed by atoms with van der Waals surface area (Å²) in [4.78, 5) is 15.4. The van der Waals surface area contributed by atoms with Crippen LogP contribution in [0.3, 0.4) is 0 Å². The first-order valence-corrected chi connectivity index (χ1v) is 7.05. The molecule has 0 atom stereocenters. The normalized spacial score (nSPS) is 11.2. The zero-order valence-electron chi connectivity index (χ0n) is 12.2. The molecule has 5 heteroatoms. The van der Waals surface area contributed by atoms with Crippen molar-refractivity contribution in [3.63, 3.8) is 0 Å². The summed E-state index contributed by atoms with van der Waals surface area (Å²) in [6.07, 6.45) is 1.75. The topological polar surface area (TPSA) is 54.6 Å². The summed E-state index contributed by atoms with van der Waals surface area (Å²) in [6, 6.07) is 6.79. The molecule has 0 amide bonds. The lowest BCUT2D eigenvalue weighted by Gasteiger charge is -2.04. The molecule has 0 aliphatic carbocycles. The largest absolute Gasteiger partial charge is 0.478 e. The minimum Gasteiger partial charge on any atom is -0.478 e. The van der Waals surface area contributed by atoms with Crippen molar-refractivity contribution in [1.29, 1.82) is 0 Å². The zero-order chi connectivity index (χ0) is 15.6. The van der Waals surface area contributed by atoms with Crippen LogP contribution in [0.1, 0.15) is 34.2 Å². The van der Waals surface area contributed by atoms with E-state index in [0.29, 0.717) is 5.69 Å². The summed E-state index contributed by atoms with van der Waals surface area (Å²) in [5.74, 6) is -1.05. The third-order valence-corrected chi connectivity index (χ3v) is 3.79. The average molecular weight is 305 g/mol. The van der Waals surface area contributed by atoms with Crippen LogP contribution in [0, 0.1) is 13.8 Å². The number of aromatic nitrogens is 1. The molecule has 1 N–H and O–H groups in total. The van der Waals surface area contributed by atoms with Gasteiger partial charge in [0.15, 0.2) is 0 Å². The molecule has 0 bridgehead atoms. The van der Waals surface area contributed by atoms with Crippen LogP contribution in [0.2, 0.25) is 5.02 Å². The molecule has 0 aliphatic rings. The maximum atomic E-state index is 11.0. The molecule has 0 saturated heterocycles. The van der Waals surface area contributed by atoms with E-state index in [1.165, 1.54) is 11.8 Å². The average Bonchev–Trinajstić information content (AvgIpc) is 2.71. The maximum absolute atomic E-state index is 11.0. The van der Waals surface area contributed by atoms with Crippen LogP contribution in [0.25, 0.3) is 0 Å². The van der Waals surface area contributed by atoms with Gasteiger partial charge in [0.2, 0.25) is 0 Å². The predicted octanol–water partition coefficient (Wildman–Crippen LogP) is 4.23. The number of aryl methyl sites for hydroxylation is 1. The van der Waals surface area contributed by atoms with Gasteiger partial charge in [0, 0.05) is 29.7 Å². The Morgan fingerprint density at radius 1 is 1.38 bits per heavy atom. The van der Waals surface area contributed by atoms with Gasteiger partial charge in [-0.1, -0.05) is 11.6 Å². The first-order chi connectivity index (χ1) is 9.93. The highest BCUT2D eigenvalue weighted by atomic mass is 35.5. The van der Waals surface area contributed by atoms with Crippen molar-refractivity contribution >= 4 is 29.5 Å². The van der Waals surface area contributed by atoms with Crippen LogP contribution in [0.5, 0.6) is 0 Å². The van der Waals surface area contributed by atoms with Crippen LogP contribution in [-0.2, 0) is 6.54 Å². The molecule has 0 spiro atoms. The number of hydrogen-bond acceptors (Lipinski definition) is 2. The number of nitrogens with zero attached hydrogens (tertiary/aromatic N) is 2. The van der Waals surface area contributed by atoms with Crippen LogP contribution < -0.4 is 0 Å². The molecule has 21 heavy (non-hydrogen) atoms. The van der Waals surface area contributed by atoms with Gasteiger partial charge >= 0.3 is 5.97 Å². The minimum absolute atomic E-state index is 0.0605. The lowest BCUT2D eigenvalue weighted by atomic mass is 10.2. The summed E-state index contributed by atoms with van der Waals surface area (Å²) < 4.78 is 2.20. The molecule has 0 aliphatic heterocycles. The highest BCUT2D eigenvalue weighted by molar-refractivity contribution is 6.33. The van der Waals surface area contributed by atoms with Crippen molar-refractivity contribution in [2.24, 2.45) is 4.99 Å². The van der Waals surface area contributed by atoms with Gasteiger partial charge < -0.3 is 9.67 Å². The summed E-state index contributed by atoms with van der Waals surface area (Å²) in [5, 5.41) is 9.26. The van der Waals surface area contributed by atoms with E-state index in [0.717, 1.165) is 17.8 Å². The lowest BCUT2D eigenvalue weighted by Crippen LogP contribution is -1.99. The van der Waals surface area contributed by atoms with Crippen LogP contribution in [-0.4, -0.2) is 21.9 Å². The van der Waals surface area contributed by atoms with E-state index in [2.05, 4.69) is 29.5 Å². The summed E-state index contributed by atoms with van der Waals surface area (Å²) in [5.41, 5.74) is 3.98. The fraction of sp³-hybridized carbons (Fsp3) is 0.250. The smallest absolute Gasteiger partial charge is 0.337 e. The molecule has 1 heterocycles. The summed E-state index contributed by atoms with van der Waals surface area (Å²) in [7, 11) is 0. The molecule has 4 nitrogen and oxygen atoms in total. The molecular weight excluding hydrogens is 288 g/mol. The second-order valence-corrected chi connectivity index (χ2v) is 5.21. The van der Waals surface area contributed by atoms with E-state index in [1.54, 1.807) is 18.3 Å². The molecule has 2 aromatic rings. The van der Waals surface area contributed by atoms with E-state index in [-0.39, 0.29) is 10.6 Å². The quantitative estimate of drug-likeness (QED) is 0.859. The second kappa shape index (κ2) is 6.14. The number of rotatable bonds is 4. The number of halogens is 1. The van der Waals surface area contributed by atoms with Crippen LogP contribution in [0.4, 0.5) is 5.69 Å². The molecule has 1 aromatic carbocycles. The predicted molar refractivity (Wildman–Crippen MR) is 85.2 cm³/mol. The Morgan fingerprint density at radius 3 is 2.67 bits per heavy atom. The Balaban J connectivity index is 2.34. The monoisotopic (exact) mass is 304 g/mol. The molecule has 0 saturated carbocycles. The van der Waals surface area contributed by atoms with E-state index in [4.69, 9.17) is 16.7 Å². The zero-order valence-corrected chi connectivity index (χ0v) is 13.0. The van der Waals surface area contributed by atoms with Crippen molar-refractivity contribution in [1.82, 2.24) is 4.57 Å². The van der Waals surface area contributed by atoms with Gasteiger partial charge in [-0.05, 0) is 45.0 Å². The van der Waals surface area contributed by atoms with Gasteiger partial charge in [-0.15, -0.1) is 0 Å². The van der Waals surface area contributed by atoms with Gasteiger partial charge in [0.05, 0.1) is 16.3 Å². The van der Waals surface area contributed by atoms with Crippen LogP contribution in [0.15, 0.2) is 29.3 Å². The number of benzene rings is 1. The first-order valence-electron chi connectivity index (χ1n) is 6.67. The van der Waals surface area contributed by atoms with Crippen molar-refractivity contribution in [2.45, 2.75) is 27.3 Å². The van der Waals surface area contributed by atoms with E-state index < -0.39 is 5.97 Å². The number of aromatic carboxylic acids is 1. The third-order valence-electron chi connectivity index (χ3n) is 3.46. The van der Waals surface area contributed by atoms with Gasteiger partial charge in [-0.25, -0.2) is 4.79 Å². The molecule has 0 unspecified atom stereocenters. The van der Waals surface area contributed by atoms with Crippen molar-refractivity contribution in [2.75, 3.05) is 0 Å². The highest BCUT2D eigenvalue weighted by Gasteiger charge is 2.09. The fourth-order valence-corrected chi connectivity index (χ4v) is 2.54. The van der Waals surface area contributed by atoms with Gasteiger partial charge in [-0.3, -0.25) is 4.99 Å². The Kier molecular flexibility index (Phi) is 4.48. The SMILES string of the molecule is CCn1c(C)cc(C=Nc2ccc(Cl)c(C(=O)O)c2)c1C. The van der Waals surface area contributed by atoms with Crippen LogP contribution >= 0.6 is 11.6 Å². The number of carbonyl (C=O) groups is 1. The Bertz CT molecular complexity index is 717. The molecule has 1 aromatic heterocycles. The van der Waals surface area contributed by atoms with Gasteiger partial charge in [0.25, 0.3) is 0 Å². The number of aliphatic imine (C=N–C) groups is 1. The van der Waals surface area contributed by atoms with Gasteiger partial charge in [-0.2, -0.15) is 0 Å². The Labute approximate surface area is 128 Å². The number of hydrogen-bond donors (Lipinski definition) is 1. The molecule has 2 rings (SSSR count). The van der Waals surface area contributed by atoms with Gasteiger partial charge in [0.1, 0.15) is 0 Å². The Hall–Kier alpha value is -2.07. The highest BCUT2D eigenvalue weighted by Crippen LogP contribution is 2.23. The van der Waals surface area contributed by atoms with Crippen molar-refractivity contribution in [3.05, 3.63) is 51.8 Å². The molecule has 0 radical (unpaired) electrons. The minimum atomic E-state index is -1.05. The van der Waals surface area contributed by atoms with Crippen molar-refractivity contribution < 1.29 is 9.90 Å². The fourth-order valence-electron chi connectivity index (χ4n) is 2.35.